The fourth-order valence-corrected chi connectivity index (χ4v) is 2.40. The lowest BCUT2D eigenvalue weighted by molar-refractivity contribution is 0.284. The number of aromatic nitrogens is 2. The monoisotopic (exact) mass is 235 g/mol. The van der Waals surface area contributed by atoms with Crippen molar-refractivity contribution in [1.82, 2.24) is 14.9 Å². The van der Waals surface area contributed by atoms with Crippen molar-refractivity contribution in [1.29, 1.82) is 0 Å². The lowest BCUT2D eigenvalue weighted by Gasteiger charge is -2.33. The molecule has 2 heterocycles. The van der Waals surface area contributed by atoms with Crippen molar-refractivity contribution in [2.24, 2.45) is 5.92 Å². The lowest BCUT2D eigenvalue weighted by atomic mass is 9.96. The maximum atomic E-state index is 5.67. The highest BCUT2D eigenvalue weighted by Gasteiger charge is 2.20. The van der Waals surface area contributed by atoms with Crippen molar-refractivity contribution in [2.75, 3.05) is 44.4 Å². The molecule has 0 aliphatic carbocycles. The van der Waals surface area contributed by atoms with Crippen molar-refractivity contribution in [3.63, 3.8) is 0 Å². The van der Waals surface area contributed by atoms with Crippen LogP contribution >= 0.6 is 0 Å². The smallest absolute Gasteiger partial charge is 0.134 e. The molecular weight excluding hydrogens is 214 g/mol. The van der Waals surface area contributed by atoms with Gasteiger partial charge in [0.2, 0.25) is 0 Å². The molecule has 5 heteroatoms. The van der Waals surface area contributed by atoms with Crippen LogP contribution < -0.4 is 10.6 Å². The van der Waals surface area contributed by atoms with Gasteiger partial charge in [-0.25, -0.2) is 9.97 Å². The van der Waals surface area contributed by atoms with Crippen LogP contribution in [0.3, 0.4) is 0 Å². The molecule has 0 radical (unpaired) electrons. The molecule has 2 rings (SSSR count). The highest BCUT2D eigenvalue weighted by Crippen LogP contribution is 2.22. The van der Waals surface area contributed by atoms with Crippen molar-refractivity contribution in [2.45, 2.75) is 12.8 Å². The van der Waals surface area contributed by atoms with Gasteiger partial charge in [0.15, 0.2) is 0 Å². The maximum Gasteiger partial charge on any atom is 0.134 e. The standard InChI is InChI=1S/C12H21N5/c1-16(2)8-10-3-5-17(6-4-10)12-7-11(13)14-9-15-12/h7,9-10H,3-6,8H2,1-2H3,(H2,13,14,15). The minimum atomic E-state index is 0.547. The van der Waals surface area contributed by atoms with Crippen LogP contribution in [0.15, 0.2) is 12.4 Å². The number of hydrogen-bond acceptors (Lipinski definition) is 5. The summed E-state index contributed by atoms with van der Waals surface area (Å²) in [6, 6.07) is 1.85. The van der Waals surface area contributed by atoms with Gasteiger partial charge in [-0.2, -0.15) is 0 Å². The van der Waals surface area contributed by atoms with Crippen LogP contribution in [0.4, 0.5) is 11.6 Å². The molecule has 2 N–H and O–H groups in total. The second-order valence-electron chi connectivity index (χ2n) is 4.99. The summed E-state index contributed by atoms with van der Waals surface area (Å²) in [5.74, 6) is 2.31. The van der Waals surface area contributed by atoms with Gasteiger partial charge >= 0.3 is 0 Å². The first kappa shape index (κ1) is 12.1. The van der Waals surface area contributed by atoms with E-state index in [1.54, 1.807) is 0 Å². The van der Waals surface area contributed by atoms with Gasteiger partial charge in [0.1, 0.15) is 18.0 Å². The molecule has 94 valence electrons. The Morgan fingerprint density at radius 1 is 1.35 bits per heavy atom. The van der Waals surface area contributed by atoms with Gasteiger partial charge in [0, 0.05) is 25.7 Å². The highest BCUT2D eigenvalue weighted by atomic mass is 15.2. The SMILES string of the molecule is CN(C)CC1CCN(c2cc(N)ncn2)CC1. The second-order valence-corrected chi connectivity index (χ2v) is 4.99. The van der Waals surface area contributed by atoms with E-state index >= 15 is 0 Å². The first-order valence-corrected chi connectivity index (χ1v) is 6.12. The molecule has 1 aliphatic rings. The van der Waals surface area contributed by atoms with Gasteiger partial charge in [-0.15, -0.1) is 0 Å². The molecule has 0 atom stereocenters. The van der Waals surface area contributed by atoms with Crippen molar-refractivity contribution in [3.05, 3.63) is 12.4 Å². The Morgan fingerprint density at radius 2 is 2.06 bits per heavy atom. The Labute approximate surface area is 103 Å². The summed E-state index contributed by atoms with van der Waals surface area (Å²) < 4.78 is 0. The largest absolute Gasteiger partial charge is 0.384 e. The number of nitrogen functional groups attached to an aromatic ring is 1. The molecule has 1 saturated heterocycles. The molecule has 0 aromatic carbocycles. The molecular formula is C12H21N5. The molecule has 0 bridgehead atoms. The quantitative estimate of drug-likeness (QED) is 0.841. The molecule has 0 unspecified atom stereocenters. The Hall–Kier alpha value is -1.36. The lowest BCUT2D eigenvalue weighted by Crippen LogP contribution is -2.37. The minimum Gasteiger partial charge on any atom is -0.384 e. The second kappa shape index (κ2) is 5.31. The van der Waals surface area contributed by atoms with Crippen LogP contribution in [-0.2, 0) is 0 Å². The summed E-state index contributed by atoms with van der Waals surface area (Å²) in [7, 11) is 4.27. The van der Waals surface area contributed by atoms with E-state index in [4.69, 9.17) is 5.73 Å². The summed E-state index contributed by atoms with van der Waals surface area (Å²) in [6.07, 6.45) is 3.99. The number of rotatable bonds is 3. The first-order valence-electron chi connectivity index (χ1n) is 6.12. The topological polar surface area (TPSA) is 58.3 Å². The molecule has 0 spiro atoms. The average molecular weight is 235 g/mol. The van der Waals surface area contributed by atoms with Gasteiger partial charge in [0.25, 0.3) is 0 Å². The normalized spacial score (nSPS) is 17.7. The van der Waals surface area contributed by atoms with E-state index in [-0.39, 0.29) is 0 Å². The van der Waals surface area contributed by atoms with E-state index in [0.717, 1.165) is 24.8 Å². The van der Waals surface area contributed by atoms with Gasteiger partial charge in [0.05, 0.1) is 0 Å². The van der Waals surface area contributed by atoms with Crippen molar-refractivity contribution >= 4 is 11.6 Å². The zero-order valence-electron chi connectivity index (χ0n) is 10.6. The van der Waals surface area contributed by atoms with Crippen molar-refractivity contribution in [3.8, 4) is 0 Å². The summed E-state index contributed by atoms with van der Waals surface area (Å²) in [5.41, 5.74) is 5.67. The van der Waals surface area contributed by atoms with Crippen molar-refractivity contribution < 1.29 is 0 Å². The molecule has 0 amide bonds. The summed E-state index contributed by atoms with van der Waals surface area (Å²) in [6.45, 7) is 3.31. The Bertz CT molecular complexity index is 358. The van der Waals surface area contributed by atoms with Crippen LogP contribution in [0.1, 0.15) is 12.8 Å². The Kier molecular flexibility index (Phi) is 3.78. The van der Waals surface area contributed by atoms with Crippen LogP contribution in [0.2, 0.25) is 0 Å². The van der Waals surface area contributed by atoms with E-state index < -0.39 is 0 Å². The zero-order valence-corrected chi connectivity index (χ0v) is 10.6. The molecule has 5 nitrogen and oxygen atoms in total. The van der Waals surface area contributed by atoms with Gasteiger partial charge in [-0.3, -0.25) is 0 Å². The summed E-state index contributed by atoms with van der Waals surface area (Å²) >= 11 is 0. The predicted octanol–water partition coefficient (Wildman–Crippen LogP) is 0.837. The fraction of sp³-hybridized carbons (Fsp3) is 0.667. The Balaban J connectivity index is 1.91. The van der Waals surface area contributed by atoms with E-state index in [0.29, 0.717) is 5.82 Å². The molecule has 1 aromatic heterocycles. The number of nitrogens with two attached hydrogens (primary N) is 1. The maximum absolute atomic E-state index is 5.67. The molecule has 17 heavy (non-hydrogen) atoms. The number of hydrogen-bond donors (Lipinski definition) is 1. The first-order chi connectivity index (χ1) is 8.15. The summed E-state index contributed by atoms with van der Waals surface area (Å²) in [4.78, 5) is 12.8. The zero-order chi connectivity index (χ0) is 12.3. The summed E-state index contributed by atoms with van der Waals surface area (Å²) in [5, 5.41) is 0. The fourth-order valence-electron chi connectivity index (χ4n) is 2.40. The van der Waals surface area contributed by atoms with Gasteiger partial charge in [-0.1, -0.05) is 0 Å². The van der Waals surface area contributed by atoms with Gasteiger partial charge in [-0.05, 0) is 32.9 Å². The van der Waals surface area contributed by atoms with E-state index in [1.165, 1.54) is 25.7 Å². The molecule has 1 aliphatic heterocycles. The van der Waals surface area contributed by atoms with Crippen LogP contribution in [-0.4, -0.2) is 48.6 Å². The van der Waals surface area contributed by atoms with Crippen LogP contribution in [0.5, 0.6) is 0 Å². The predicted molar refractivity (Wildman–Crippen MR) is 69.9 cm³/mol. The van der Waals surface area contributed by atoms with E-state index in [1.807, 2.05) is 6.07 Å². The van der Waals surface area contributed by atoms with Crippen LogP contribution in [0, 0.1) is 5.92 Å². The molecule has 1 fully saturated rings. The van der Waals surface area contributed by atoms with Crippen LogP contribution in [0.25, 0.3) is 0 Å². The number of anilines is 2. The third kappa shape index (κ3) is 3.30. The third-order valence-corrected chi connectivity index (χ3v) is 3.24. The minimum absolute atomic E-state index is 0.547. The highest BCUT2D eigenvalue weighted by molar-refractivity contribution is 5.46. The van der Waals surface area contributed by atoms with E-state index in [2.05, 4.69) is 33.9 Å². The number of piperidine rings is 1. The van der Waals surface area contributed by atoms with Gasteiger partial charge < -0.3 is 15.5 Å². The Morgan fingerprint density at radius 3 is 2.65 bits per heavy atom. The third-order valence-electron chi connectivity index (χ3n) is 3.24. The molecule has 0 saturated carbocycles. The number of nitrogens with zero attached hydrogens (tertiary/aromatic N) is 4. The average Bonchev–Trinajstić information content (AvgIpc) is 2.29. The van der Waals surface area contributed by atoms with E-state index in [9.17, 15) is 0 Å². The molecule has 1 aromatic rings.